The van der Waals surface area contributed by atoms with Crippen LogP contribution in [0.1, 0.15) is 11.1 Å². The smallest absolute Gasteiger partial charge is 0.416 e. The van der Waals surface area contributed by atoms with Crippen molar-refractivity contribution in [2.24, 2.45) is 0 Å². The highest BCUT2D eigenvalue weighted by Gasteiger charge is 2.31. The van der Waals surface area contributed by atoms with Gasteiger partial charge in [-0.2, -0.15) is 18.4 Å². The lowest BCUT2D eigenvalue weighted by molar-refractivity contribution is -0.137. The summed E-state index contributed by atoms with van der Waals surface area (Å²) in [6, 6.07) is 13.2. The first kappa shape index (κ1) is 29.6. The maximum atomic E-state index is 13.0. The van der Waals surface area contributed by atoms with E-state index in [1.54, 1.807) is 24.3 Å². The molecule has 0 aliphatic rings. The number of halogens is 6. The monoisotopic (exact) mass is 597 g/mol. The fourth-order valence-electron chi connectivity index (χ4n) is 3.13. The minimum absolute atomic E-state index is 0.141. The maximum Gasteiger partial charge on any atom is 0.416 e. The summed E-state index contributed by atoms with van der Waals surface area (Å²) in [4.78, 5) is 24.9. The Bertz CT molecular complexity index is 1470. The number of methoxy groups -OCH3 is 1. The summed E-state index contributed by atoms with van der Waals surface area (Å²) in [6.07, 6.45) is -3.46. The lowest BCUT2D eigenvalue weighted by Crippen LogP contribution is -2.20. The Labute approximate surface area is 235 Å². The predicted molar refractivity (Wildman–Crippen MR) is 142 cm³/mol. The Morgan fingerprint density at radius 1 is 0.974 bits per heavy atom. The summed E-state index contributed by atoms with van der Waals surface area (Å²) in [5, 5.41) is 14.6. The van der Waals surface area contributed by atoms with Crippen LogP contribution in [-0.4, -0.2) is 25.5 Å². The van der Waals surface area contributed by atoms with Gasteiger partial charge in [-0.3, -0.25) is 9.59 Å². The van der Waals surface area contributed by atoms with Gasteiger partial charge in [-0.25, -0.2) is 0 Å². The number of amides is 2. The summed E-state index contributed by atoms with van der Waals surface area (Å²) in [5.74, 6) is -1.18. The standard InChI is InChI=1S/C26H17Cl3F3N3O4/c1-38-22-10-14(5-8-21(22)39-13-23(36)35-24-18(28)3-2-4-19(24)29)9-15(12-33)25(37)34-20-11-16(26(30,31)32)6-7-17(20)27/h2-11H,13H2,1H3,(H,34,37)(H,35,36). The zero-order valence-electron chi connectivity index (χ0n) is 19.8. The van der Waals surface area contributed by atoms with E-state index in [1.165, 1.54) is 31.4 Å². The number of carbonyl (C=O) groups is 2. The highest BCUT2D eigenvalue weighted by atomic mass is 35.5. The van der Waals surface area contributed by atoms with E-state index in [-0.39, 0.29) is 37.9 Å². The molecule has 3 aromatic carbocycles. The van der Waals surface area contributed by atoms with Crippen LogP contribution in [-0.2, 0) is 15.8 Å². The number of anilines is 2. The number of alkyl halides is 3. The average Bonchev–Trinajstić information content (AvgIpc) is 2.89. The van der Waals surface area contributed by atoms with Crippen LogP contribution in [0, 0.1) is 11.3 Å². The topological polar surface area (TPSA) is 100 Å². The number of hydrogen-bond donors (Lipinski definition) is 2. The molecular weight excluding hydrogens is 582 g/mol. The van der Waals surface area contributed by atoms with Crippen molar-refractivity contribution in [1.82, 2.24) is 0 Å². The minimum atomic E-state index is -4.65. The molecule has 0 saturated carbocycles. The van der Waals surface area contributed by atoms with Gasteiger partial charge < -0.3 is 20.1 Å². The first-order valence-electron chi connectivity index (χ1n) is 10.8. The van der Waals surface area contributed by atoms with Crippen LogP contribution >= 0.6 is 34.8 Å². The van der Waals surface area contributed by atoms with Crippen LogP contribution in [0.2, 0.25) is 15.1 Å². The molecule has 3 rings (SSSR count). The van der Waals surface area contributed by atoms with E-state index in [2.05, 4.69) is 10.6 Å². The number of nitrogens with zero attached hydrogens (tertiary/aromatic N) is 1. The van der Waals surface area contributed by atoms with Crippen molar-refractivity contribution in [1.29, 1.82) is 5.26 Å². The van der Waals surface area contributed by atoms with Gasteiger partial charge in [-0.05, 0) is 54.1 Å². The summed E-state index contributed by atoms with van der Waals surface area (Å²) in [5.41, 5.74) is -1.19. The summed E-state index contributed by atoms with van der Waals surface area (Å²) in [7, 11) is 1.34. The van der Waals surface area contributed by atoms with E-state index in [0.29, 0.717) is 11.6 Å². The number of benzene rings is 3. The molecule has 3 aromatic rings. The number of rotatable bonds is 8. The van der Waals surface area contributed by atoms with E-state index in [0.717, 1.165) is 12.1 Å². The SMILES string of the molecule is COc1cc(C=C(C#N)C(=O)Nc2cc(C(F)(F)F)ccc2Cl)ccc1OCC(=O)Nc1c(Cl)cccc1Cl. The number of carbonyl (C=O) groups excluding carboxylic acids is 2. The second kappa shape index (κ2) is 12.8. The van der Waals surface area contributed by atoms with Crippen molar-refractivity contribution in [2.45, 2.75) is 6.18 Å². The van der Waals surface area contributed by atoms with E-state index in [1.807, 2.05) is 0 Å². The van der Waals surface area contributed by atoms with Gasteiger partial charge >= 0.3 is 6.18 Å². The minimum Gasteiger partial charge on any atom is -0.493 e. The highest BCUT2D eigenvalue weighted by Crippen LogP contribution is 2.34. The van der Waals surface area contributed by atoms with Gasteiger partial charge in [-0.15, -0.1) is 0 Å². The fourth-order valence-corrected chi connectivity index (χ4v) is 3.79. The summed E-state index contributed by atoms with van der Waals surface area (Å²) < 4.78 is 49.8. The molecule has 202 valence electrons. The number of hydrogen-bond acceptors (Lipinski definition) is 5. The lowest BCUT2D eigenvalue weighted by Gasteiger charge is -2.13. The quantitative estimate of drug-likeness (QED) is 0.210. The third kappa shape index (κ3) is 7.80. The molecule has 0 radical (unpaired) electrons. The fraction of sp³-hybridized carbons (Fsp3) is 0.115. The van der Waals surface area contributed by atoms with Crippen LogP contribution < -0.4 is 20.1 Å². The van der Waals surface area contributed by atoms with Gasteiger partial charge in [0.15, 0.2) is 18.1 Å². The zero-order chi connectivity index (χ0) is 28.7. The third-order valence-corrected chi connectivity index (χ3v) is 5.95. The van der Waals surface area contributed by atoms with Gasteiger partial charge in [0.1, 0.15) is 11.6 Å². The van der Waals surface area contributed by atoms with Crippen LogP contribution in [0.5, 0.6) is 11.5 Å². The molecule has 0 fully saturated rings. The van der Waals surface area contributed by atoms with Gasteiger partial charge in [0, 0.05) is 0 Å². The van der Waals surface area contributed by atoms with Crippen molar-refractivity contribution in [3.8, 4) is 17.6 Å². The van der Waals surface area contributed by atoms with Crippen molar-refractivity contribution < 1.29 is 32.2 Å². The Kier molecular flexibility index (Phi) is 9.70. The molecule has 7 nitrogen and oxygen atoms in total. The molecule has 0 unspecified atom stereocenters. The normalized spacial score (nSPS) is 11.4. The van der Waals surface area contributed by atoms with E-state index in [9.17, 15) is 28.0 Å². The third-order valence-electron chi connectivity index (χ3n) is 4.99. The second-order valence-electron chi connectivity index (χ2n) is 7.66. The van der Waals surface area contributed by atoms with Crippen molar-refractivity contribution in [3.05, 3.63) is 86.4 Å². The van der Waals surface area contributed by atoms with Crippen LogP contribution in [0.15, 0.2) is 60.2 Å². The van der Waals surface area contributed by atoms with Crippen LogP contribution in [0.4, 0.5) is 24.5 Å². The van der Waals surface area contributed by atoms with Gasteiger partial charge in [0.05, 0.1) is 39.1 Å². The molecule has 0 aromatic heterocycles. The lowest BCUT2D eigenvalue weighted by atomic mass is 10.1. The van der Waals surface area contributed by atoms with Gasteiger partial charge in [0.25, 0.3) is 11.8 Å². The van der Waals surface area contributed by atoms with E-state index >= 15 is 0 Å². The zero-order valence-corrected chi connectivity index (χ0v) is 22.1. The van der Waals surface area contributed by atoms with Crippen LogP contribution in [0.3, 0.4) is 0 Å². The second-order valence-corrected chi connectivity index (χ2v) is 8.88. The largest absolute Gasteiger partial charge is 0.493 e. The summed E-state index contributed by atoms with van der Waals surface area (Å²) >= 11 is 18.0. The van der Waals surface area contributed by atoms with Crippen molar-refractivity contribution in [3.63, 3.8) is 0 Å². The molecule has 0 heterocycles. The molecule has 0 bridgehead atoms. The first-order chi connectivity index (χ1) is 18.4. The molecule has 0 atom stereocenters. The number of nitriles is 1. The van der Waals surface area contributed by atoms with E-state index < -0.39 is 35.7 Å². The highest BCUT2D eigenvalue weighted by molar-refractivity contribution is 6.39. The van der Waals surface area contributed by atoms with Crippen molar-refractivity contribution in [2.75, 3.05) is 24.4 Å². The molecule has 0 spiro atoms. The number of para-hydroxylation sites is 1. The number of nitrogens with one attached hydrogen (secondary N) is 2. The molecular formula is C26H17Cl3F3N3O4. The van der Waals surface area contributed by atoms with Gasteiger partial charge in [0.2, 0.25) is 0 Å². The number of ether oxygens (including phenoxy) is 2. The van der Waals surface area contributed by atoms with E-state index in [4.69, 9.17) is 44.3 Å². The Hall–Kier alpha value is -3.91. The molecule has 0 aliphatic heterocycles. The summed E-state index contributed by atoms with van der Waals surface area (Å²) in [6.45, 7) is -0.420. The Morgan fingerprint density at radius 2 is 1.67 bits per heavy atom. The molecule has 0 saturated heterocycles. The molecule has 39 heavy (non-hydrogen) atoms. The van der Waals surface area contributed by atoms with Crippen molar-refractivity contribution >= 4 is 64.1 Å². The predicted octanol–water partition coefficient (Wildman–Crippen LogP) is 7.24. The Balaban J connectivity index is 1.73. The average molecular weight is 599 g/mol. The first-order valence-corrected chi connectivity index (χ1v) is 11.9. The maximum absolute atomic E-state index is 13.0. The molecule has 2 amide bonds. The van der Waals surface area contributed by atoms with Crippen LogP contribution in [0.25, 0.3) is 6.08 Å². The molecule has 2 N–H and O–H groups in total. The molecule has 0 aliphatic carbocycles. The molecule has 13 heteroatoms. The van der Waals surface area contributed by atoms with Gasteiger partial charge in [-0.1, -0.05) is 46.9 Å². The Morgan fingerprint density at radius 3 is 2.28 bits per heavy atom.